The standard InChI is InChI=1S/C26H29F3N6O4/c1-16(31-24(38)39-25(2,3)4)22(36)30-15-17-9-8-12-19(13-17)35-21(14-20(34-35)26(27,28)29)33-23(37)32-18-10-6-5-7-11-18/h5-14,16H,15H2,1-4H3,(H,30,36)(H,31,38)(H2,32,33,37)/t16-/m0/s1. The van der Waals surface area contributed by atoms with E-state index in [1.54, 1.807) is 63.2 Å². The Morgan fingerprint density at radius 3 is 2.31 bits per heavy atom. The summed E-state index contributed by atoms with van der Waals surface area (Å²) in [6.45, 7) is 6.57. The summed E-state index contributed by atoms with van der Waals surface area (Å²) in [7, 11) is 0. The summed E-state index contributed by atoms with van der Waals surface area (Å²) in [5, 5.41) is 13.7. The summed E-state index contributed by atoms with van der Waals surface area (Å²) < 4.78 is 46.4. The number of nitrogens with one attached hydrogen (secondary N) is 4. The average Bonchev–Trinajstić information content (AvgIpc) is 3.26. The second-order valence-corrected chi connectivity index (χ2v) is 9.53. The molecule has 3 aromatic rings. The van der Waals surface area contributed by atoms with E-state index >= 15 is 0 Å². The van der Waals surface area contributed by atoms with Gasteiger partial charge in [0.1, 0.15) is 17.5 Å². The van der Waals surface area contributed by atoms with E-state index in [1.807, 2.05) is 0 Å². The lowest BCUT2D eigenvalue weighted by Crippen LogP contribution is -2.46. The van der Waals surface area contributed by atoms with Gasteiger partial charge in [-0.15, -0.1) is 0 Å². The van der Waals surface area contributed by atoms with Gasteiger partial charge in [0.25, 0.3) is 0 Å². The van der Waals surface area contributed by atoms with E-state index in [9.17, 15) is 27.6 Å². The number of carbonyl (C=O) groups excluding carboxylic acids is 3. The lowest BCUT2D eigenvalue weighted by molar-refractivity contribution is -0.141. The zero-order valence-corrected chi connectivity index (χ0v) is 21.7. The SMILES string of the molecule is C[C@H](NC(=O)OC(C)(C)C)C(=O)NCc1cccc(-n2nc(C(F)(F)F)cc2NC(=O)Nc2ccccc2)c1. The van der Waals surface area contributed by atoms with Crippen LogP contribution in [0.5, 0.6) is 0 Å². The van der Waals surface area contributed by atoms with Crippen LogP contribution in [0.1, 0.15) is 39.0 Å². The second kappa shape index (κ2) is 11.9. The quantitative estimate of drug-likeness (QED) is 0.329. The molecule has 0 aliphatic heterocycles. The third kappa shape index (κ3) is 8.76. The first-order chi connectivity index (χ1) is 18.2. The van der Waals surface area contributed by atoms with Gasteiger partial charge in [-0.2, -0.15) is 18.3 Å². The highest BCUT2D eigenvalue weighted by molar-refractivity contribution is 5.99. The topological polar surface area (TPSA) is 126 Å². The monoisotopic (exact) mass is 546 g/mol. The maximum atomic E-state index is 13.4. The summed E-state index contributed by atoms with van der Waals surface area (Å²) in [6.07, 6.45) is -5.50. The van der Waals surface area contributed by atoms with Gasteiger partial charge in [-0.05, 0) is 57.5 Å². The molecule has 0 bridgehead atoms. The zero-order valence-electron chi connectivity index (χ0n) is 21.7. The van der Waals surface area contributed by atoms with Crippen molar-refractivity contribution < 1.29 is 32.3 Å². The van der Waals surface area contributed by atoms with Crippen molar-refractivity contribution in [3.8, 4) is 5.69 Å². The average molecular weight is 547 g/mol. The van der Waals surface area contributed by atoms with Crippen LogP contribution in [0.4, 0.5) is 34.3 Å². The van der Waals surface area contributed by atoms with Gasteiger partial charge in [-0.3, -0.25) is 10.1 Å². The van der Waals surface area contributed by atoms with Crippen LogP contribution in [0.2, 0.25) is 0 Å². The third-order valence-electron chi connectivity index (χ3n) is 5.02. The fraction of sp³-hybridized carbons (Fsp3) is 0.308. The van der Waals surface area contributed by atoms with Crippen molar-refractivity contribution in [1.82, 2.24) is 20.4 Å². The Hall–Kier alpha value is -4.55. The number of alkyl halides is 3. The first-order valence-electron chi connectivity index (χ1n) is 11.9. The van der Waals surface area contributed by atoms with E-state index in [2.05, 4.69) is 26.4 Å². The fourth-order valence-electron chi connectivity index (χ4n) is 3.30. The number of hydrogen-bond donors (Lipinski definition) is 4. The predicted octanol–water partition coefficient (Wildman–Crippen LogP) is 5.06. The molecule has 2 aromatic carbocycles. The maximum absolute atomic E-state index is 13.4. The first kappa shape index (κ1) is 29.0. The van der Waals surface area contributed by atoms with Crippen LogP contribution in [-0.4, -0.2) is 39.5 Å². The van der Waals surface area contributed by atoms with Crippen LogP contribution in [0.25, 0.3) is 5.69 Å². The number of alkyl carbamates (subject to hydrolysis) is 1. The number of halogens is 3. The number of anilines is 2. The number of para-hydroxylation sites is 1. The molecule has 0 fully saturated rings. The molecule has 39 heavy (non-hydrogen) atoms. The van der Waals surface area contributed by atoms with Gasteiger partial charge in [0.15, 0.2) is 5.69 Å². The minimum Gasteiger partial charge on any atom is -0.444 e. The normalized spacial score (nSPS) is 12.3. The molecule has 208 valence electrons. The third-order valence-corrected chi connectivity index (χ3v) is 5.02. The number of aromatic nitrogens is 2. The lowest BCUT2D eigenvalue weighted by Gasteiger charge is -2.21. The van der Waals surface area contributed by atoms with Crippen LogP contribution in [-0.2, 0) is 22.3 Å². The minimum atomic E-state index is -4.75. The molecule has 10 nitrogen and oxygen atoms in total. The van der Waals surface area contributed by atoms with Crippen LogP contribution in [0.15, 0.2) is 60.7 Å². The summed E-state index contributed by atoms with van der Waals surface area (Å²) in [6, 6.07) is 13.7. The van der Waals surface area contributed by atoms with Gasteiger partial charge in [0.05, 0.1) is 5.69 Å². The predicted molar refractivity (Wildman–Crippen MR) is 138 cm³/mol. The zero-order chi connectivity index (χ0) is 28.8. The van der Waals surface area contributed by atoms with Gasteiger partial charge in [-0.25, -0.2) is 14.3 Å². The van der Waals surface area contributed by atoms with Crippen LogP contribution < -0.4 is 21.3 Å². The van der Waals surface area contributed by atoms with Gasteiger partial charge in [0.2, 0.25) is 5.91 Å². The van der Waals surface area contributed by atoms with Crippen molar-refractivity contribution in [3.05, 3.63) is 71.9 Å². The van der Waals surface area contributed by atoms with E-state index in [0.29, 0.717) is 11.3 Å². The van der Waals surface area contributed by atoms with Crippen molar-refractivity contribution in [3.63, 3.8) is 0 Å². The molecule has 0 saturated heterocycles. The van der Waals surface area contributed by atoms with E-state index in [-0.39, 0.29) is 18.1 Å². The highest BCUT2D eigenvalue weighted by atomic mass is 19.4. The van der Waals surface area contributed by atoms with Crippen LogP contribution in [0.3, 0.4) is 0 Å². The minimum absolute atomic E-state index is 0.0116. The molecule has 0 unspecified atom stereocenters. The molecular formula is C26H29F3N6O4. The number of nitrogens with zero attached hydrogens (tertiary/aromatic N) is 2. The van der Waals surface area contributed by atoms with Crippen molar-refractivity contribution >= 4 is 29.5 Å². The molecule has 1 aromatic heterocycles. The summed E-state index contributed by atoms with van der Waals surface area (Å²) in [5.41, 5.74) is -0.723. The molecular weight excluding hydrogens is 517 g/mol. The molecule has 3 rings (SSSR count). The van der Waals surface area contributed by atoms with Crippen molar-refractivity contribution in [2.24, 2.45) is 0 Å². The number of carbonyl (C=O) groups is 3. The van der Waals surface area contributed by atoms with Crippen molar-refractivity contribution in [1.29, 1.82) is 0 Å². The Kier molecular flexibility index (Phi) is 8.84. The molecule has 4 amide bonds. The molecule has 1 heterocycles. The molecule has 0 radical (unpaired) electrons. The number of urea groups is 1. The van der Waals surface area contributed by atoms with E-state index in [1.165, 1.54) is 19.1 Å². The largest absolute Gasteiger partial charge is 0.444 e. The number of amides is 4. The number of rotatable bonds is 7. The summed E-state index contributed by atoms with van der Waals surface area (Å²) in [4.78, 5) is 36.8. The van der Waals surface area contributed by atoms with Crippen LogP contribution >= 0.6 is 0 Å². The lowest BCUT2D eigenvalue weighted by atomic mass is 10.2. The Labute approximate surface area is 222 Å². The van der Waals surface area contributed by atoms with E-state index in [4.69, 9.17) is 4.74 Å². The Morgan fingerprint density at radius 1 is 0.974 bits per heavy atom. The fourth-order valence-corrected chi connectivity index (χ4v) is 3.30. The molecule has 4 N–H and O–H groups in total. The maximum Gasteiger partial charge on any atom is 0.435 e. The van der Waals surface area contributed by atoms with Gasteiger partial charge in [-0.1, -0.05) is 30.3 Å². The molecule has 0 aliphatic carbocycles. The molecule has 0 spiro atoms. The van der Waals surface area contributed by atoms with Gasteiger partial charge in [0, 0.05) is 18.3 Å². The molecule has 1 atom stereocenters. The second-order valence-electron chi connectivity index (χ2n) is 9.53. The van der Waals surface area contributed by atoms with E-state index in [0.717, 1.165) is 10.7 Å². The summed E-state index contributed by atoms with van der Waals surface area (Å²) >= 11 is 0. The van der Waals surface area contributed by atoms with Crippen molar-refractivity contribution in [2.45, 2.75) is 52.1 Å². The Balaban J connectivity index is 1.73. The molecule has 0 aliphatic rings. The molecule has 13 heteroatoms. The van der Waals surface area contributed by atoms with Crippen LogP contribution in [0, 0.1) is 0 Å². The summed E-state index contributed by atoms with van der Waals surface area (Å²) in [5.74, 6) is -0.711. The highest BCUT2D eigenvalue weighted by Crippen LogP contribution is 2.31. The molecule has 0 saturated carbocycles. The van der Waals surface area contributed by atoms with Crippen molar-refractivity contribution in [2.75, 3.05) is 10.6 Å². The smallest absolute Gasteiger partial charge is 0.435 e. The Morgan fingerprint density at radius 2 is 1.67 bits per heavy atom. The first-order valence-corrected chi connectivity index (χ1v) is 11.9. The number of ether oxygens (including phenoxy) is 1. The highest BCUT2D eigenvalue weighted by Gasteiger charge is 2.35. The Bertz CT molecular complexity index is 1320. The number of benzene rings is 2. The van der Waals surface area contributed by atoms with Gasteiger partial charge < -0.3 is 20.7 Å². The number of hydrogen-bond acceptors (Lipinski definition) is 5. The van der Waals surface area contributed by atoms with E-state index < -0.39 is 41.5 Å². The van der Waals surface area contributed by atoms with Gasteiger partial charge >= 0.3 is 18.3 Å².